The van der Waals surface area contributed by atoms with E-state index in [1.165, 1.54) is 6.92 Å². The van der Waals surface area contributed by atoms with Crippen LogP contribution in [-0.2, 0) is 17.8 Å². The number of aromatic hydroxyl groups is 1. The number of amides is 2. The van der Waals surface area contributed by atoms with Crippen LogP contribution in [0.1, 0.15) is 33.3 Å². The van der Waals surface area contributed by atoms with E-state index < -0.39 is 0 Å². The lowest BCUT2D eigenvalue weighted by molar-refractivity contribution is -0.114. The van der Waals surface area contributed by atoms with Crippen LogP contribution in [0.25, 0.3) is 11.1 Å². The summed E-state index contributed by atoms with van der Waals surface area (Å²) >= 11 is 1.01. The molecule has 0 aliphatic carbocycles. The van der Waals surface area contributed by atoms with Gasteiger partial charge < -0.3 is 15.3 Å². The van der Waals surface area contributed by atoms with Gasteiger partial charge in [0.15, 0.2) is 0 Å². The molecule has 1 aromatic heterocycles. The number of H-pyrrole nitrogens is 1. The summed E-state index contributed by atoms with van der Waals surface area (Å²) in [6.07, 6.45) is 0.480. The number of aromatic nitrogens is 1. The fourth-order valence-corrected chi connectivity index (χ4v) is 4.55. The largest absolute Gasteiger partial charge is 0.494 e. The van der Waals surface area contributed by atoms with E-state index in [0.717, 1.165) is 33.6 Å². The van der Waals surface area contributed by atoms with Crippen molar-refractivity contribution >= 4 is 28.8 Å². The number of hydrogen-bond acceptors (Lipinski definition) is 5. The first-order valence-electron chi connectivity index (χ1n) is 11.0. The second kappa shape index (κ2) is 10.4. The van der Waals surface area contributed by atoms with Gasteiger partial charge in [0, 0.05) is 38.2 Å². The number of carbonyl (C=O) groups excluding carboxylic acids is 2. The molecule has 0 saturated carbocycles. The maximum absolute atomic E-state index is 12.9. The molecule has 2 amide bonds. The third-order valence-corrected chi connectivity index (χ3v) is 6.37. The van der Waals surface area contributed by atoms with E-state index in [1.54, 1.807) is 36.2 Å². The van der Waals surface area contributed by atoms with Gasteiger partial charge >= 0.3 is 4.87 Å². The summed E-state index contributed by atoms with van der Waals surface area (Å²) in [5.41, 5.74) is 5.25. The summed E-state index contributed by atoms with van der Waals surface area (Å²) in [6.45, 7) is 1.89. The number of thiazole rings is 1. The van der Waals surface area contributed by atoms with Crippen LogP contribution in [0.2, 0.25) is 0 Å². The molecule has 4 rings (SSSR count). The predicted molar refractivity (Wildman–Crippen MR) is 138 cm³/mol. The number of nitrogens with zero attached hydrogens (tertiary/aromatic N) is 1. The summed E-state index contributed by atoms with van der Waals surface area (Å²) in [5.74, 6) is -0.336. The Morgan fingerprint density at radius 1 is 0.971 bits per heavy atom. The van der Waals surface area contributed by atoms with E-state index in [-0.39, 0.29) is 22.6 Å². The Kier molecular flexibility index (Phi) is 7.12. The number of benzene rings is 3. The molecule has 35 heavy (non-hydrogen) atoms. The Morgan fingerprint density at radius 3 is 2.31 bits per heavy atom. The zero-order valence-corrected chi connectivity index (χ0v) is 20.2. The van der Waals surface area contributed by atoms with E-state index in [0.29, 0.717) is 29.1 Å². The lowest BCUT2D eigenvalue weighted by atomic mass is 10.0. The van der Waals surface area contributed by atoms with Crippen molar-refractivity contribution in [2.24, 2.45) is 0 Å². The SMILES string of the molecule is CC(=O)Nc1ccc(C(=O)N(C)Cc2cccc(-c3ccc(Cc4sc(=O)[nH]c4O)cc3)c2)cc1. The number of nitrogens with one attached hydrogen (secondary N) is 2. The van der Waals surface area contributed by atoms with Crippen LogP contribution < -0.4 is 10.2 Å². The molecule has 0 radical (unpaired) electrons. The molecule has 0 fully saturated rings. The van der Waals surface area contributed by atoms with Crippen molar-refractivity contribution in [1.82, 2.24) is 9.88 Å². The quantitative estimate of drug-likeness (QED) is 0.354. The minimum atomic E-state index is -0.267. The van der Waals surface area contributed by atoms with E-state index in [1.807, 2.05) is 42.5 Å². The summed E-state index contributed by atoms with van der Waals surface area (Å²) in [6, 6.07) is 22.8. The fourth-order valence-electron chi connectivity index (χ4n) is 3.79. The molecule has 0 aliphatic heterocycles. The summed E-state index contributed by atoms with van der Waals surface area (Å²) < 4.78 is 0. The Morgan fingerprint density at radius 2 is 1.69 bits per heavy atom. The predicted octanol–water partition coefficient (Wildman–Crippen LogP) is 4.63. The van der Waals surface area contributed by atoms with Crippen LogP contribution in [-0.4, -0.2) is 33.9 Å². The first-order valence-corrected chi connectivity index (χ1v) is 11.8. The van der Waals surface area contributed by atoms with Gasteiger partial charge in [-0.15, -0.1) is 0 Å². The van der Waals surface area contributed by atoms with Gasteiger partial charge in [-0.1, -0.05) is 53.8 Å². The first kappa shape index (κ1) is 24.0. The Bertz CT molecular complexity index is 1410. The molecule has 0 atom stereocenters. The minimum absolute atomic E-state index is 0.0703. The van der Waals surface area contributed by atoms with Gasteiger partial charge in [0.05, 0.1) is 4.88 Å². The molecule has 0 unspecified atom stereocenters. The van der Waals surface area contributed by atoms with Crippen molar-refractivity contribution in [2.75, 3.05) is 12.4 Å². The van der Waals surface area contributed by atoms with Crippen LogP contribution in [0, 0.1) is 0 Å². The van der Waals surface area contributed by atoms with Gasteiger partial charge in [0.2, 0.25) is 11.8 Å². The molecule has 7 nitrogen and oxygen atoms in total. The molecule has 4 aromatic rings. The number of rotatable bonds is 7. The lowest BCUT2D eigenvalue weighted by Crippen LogP contribution is -2.26. The number of aromatic amines is 1. The monoisotopic (exact) mass is 487 g/mol. The average Bonchev–Trinajstić information content (AvgIpc) is 3.15. The van der Waals surface area contributed by atoms with Crippen LogP contribution in [0.5, 0.6) is 5.88 Å². The van der Waals surface area contributed by atoms with Gasteiger partial charge in [0.1, 0.15) is 0 Å². The van der Waals surface area contributed by atoms with Crippen LogP contribution in [0.15, 0.2) is 77.6 Å². The van der Waals surface area contributed by atoms with Crippen molar-refractivity contribution in [3.05, 3.63) is 104 Å². The molecule has 3 aromatic carbocycles. The summed E-state index contributed by atoms with van der Waals surface area (Å²) in [5, 5.41) is 12.5. The molecule has 178 valence electrons. The number of anilines is 1. The van der Waals surface area contributed by atoms with E-state index in [4.69, 9.17) is 0 Å². The zero-order valence-electron chi connectivity index (χ0n) is 19.4. The number of hydrogen-bond donors (Lipinski definition) is 3. The molecule has 0 bridgehead atoms. The zero-order chi connectivity index (χ0) is 24.9. The molecule has 1 heterocycles. The average molecular weight is 488 g/mol. The van der Waals surface area contributed by atoms with Gasteiger partial charge in [-0.3, -0.25) is 19.4 Å². The highest BCUT2D eigenvalue weighted by molar-refractivity contribution is 7.09. The van der Waals surface area contributed by atoms with E-state index in [9.17, 15) is 19.5 Å². The smallest absolute Gasteiger partial charge is 0.307 e. The highest BCUT2D eigenvalue weighted by Crippen LogP contribution is 2.25. The van der Waals surface area contributed by atoms with Crippen molar-refractivity contribution in [3.8, 4) is 17.0 Å². The normalized spacial score (nSPS) is 10.7. The Balaban J connectivity index is 1.43. The second-order valence-corrected chi connectivity index (χ2v) is 9.35. The Labute approximate surface area is 206 Å². The third kappa shape index (κ3) is 6.04. The van der Waals surface area contributed by atoms with Gasteiger partial charge in [-0.05, 0) is 52.6 Å². The van der Waals surface area contributed by atoms with Crippen molar-refractivity contribution in [3.63, 3.8) is 0 Å². The molecule has 3 N–H and O–H groups in total. The first-order chi connectivity index (χ1) is 16.8. The standard InChI is InChI=1S/C27H25N3O4S/c1-17(31)28-23-12-10-21(11-13-23)26(33)30(2)16-19-4-3-5-22(14-19)20-8-6-18(7-9-20)15-24-25(32)29-27(34)35-24/h3-14,32H,15-16H2,1-2H3,(H,28,31)(H,29,34). The molecular weight excluding hydrogens is 462 g/mol. The van der Waals surface area contributed by atoms with Gasteiger partial charge in [-0.25, -0.2) is 0 Å². The molecule has 0 saturated heterocycles. The van der Waals surface area contributed by atoms with Gasteiger partial charge in [-0.2, -0.15) is 0 Å². The number of carbonyl (C=O) groups is 2. The lowest BCUT2D eigenvalue weighted by Gasteiger charge is -2.18. The van der Waals surface area contributed by atoms with Crippen molar-refractivity contribution < 1.29 is 14.7 Å². The molecule has 0 spiro atoms. The van der Waals surface area contributed by atoms with E-state index >= 15 is 0 Å². The Hall–Kier alpha value is -4.17. The van der Waals surface area contributed by atoms with Crippen LogP contribution in [0.3, 0.4) is 0 Å². The van der Waals surface area contributed by atoms with Crippen LogP contribution >= 0.6 is 11.3 Å². The van der Waals surface area contributed by atoms with Gasteiger partial charge in [0.25, 0.3) is 5.91 Å². The van der Waals surface area contributed by atoms with Crippen molar-refractivity contribution in [2.45, 2.75) is 19.9 Å². The maximum atomic E-state index is 12.9. The molecule has 0 aliphatic rings. The van der Waals surface area contributed by atoms with Crippen LogP contribution in [0.4, 0.5) is 5.69 Å². The summed E-state index contributed by atoms with van der Waals surface area (Å²) in [7, 11) is 1.76. The van der Waals surface area contributed by atoms with E-state index in [2.05, 4.69) is 16.4 Å². The molecular formula is C27H25N3O4S. The highest BCUT2D eigenvalue weighted by Gasteiger charge is 2.13. The maximum Gasteiger partial charge on any atom is 0.307 e. The topological polar surface area (TPSA) is 103 Å². The minimum Gasteiger partial charge on any atom is -0.494 e. The second-order valence-electron chi connectivity index (χ2n) is 8.28. The van der Waals surface area contributed by atoms with Crippen molar-refractivity contribution in [1.29, 1.82) is 0 Å². The highest BCUT2D eigenvalue weighted by atomic mass is 32.1. The summed E-state index contributed by atoms with van der Waals surface area (Å²) in [4.78, 5) is 39.8. The fraction of sp³-hybridized carbons (Fsp3) is 0.148. The third-order valence-electron chi connectivity index (χ3n) is 5.50. The molecule has 8 heteroatoms.